The third-order valence-corrected chi connectivity index (χ3v) is 4.33. The van der Waals surface area contributed by atoms with E-state index in [0.29, 0.717) is 12.6 Å². The van der Waals surface area contributed by atoms with E-state index in [9.17, 15) is 0 Å². The van der Waals surface area contributed by atoms with Gasteiger partial charge in [0, 0.05) is 30.9 Å². The second-order valence-corrected chi connectivity index (χ2v) is 6.56. The lowest BCUT2D eigenvalue weighted by Gasteiger charge is -2.50. The van der Waals surface area contributed by atoms with Gasteiger partial charge in [0.15, 0.2) is 0 Å². The number of piperazine rings is 1. The van der Waals surface area contributed by atoms with Gasteiger partial charge in [-0.1, -0.05) is 6.07 Å². The lowest BCUT2D eigenvalue weighted by atomic mass is 9.95. The molecular formula is C16H27N3. The predicted octanol–water partition coefficient (Wildman–Crippen LogP) is 2.16. The summed E-state index contributed by atoms with van der Waals surface area (Å²) in [5.41, 5.74) is 10.1. The van der Waals surface area contributed by atoms with Gasteiger partial charge in [-0.15, -0.1) is 0 Å². The number of aryl methyl sites for hydroxylation is 2. The van der Waals surface area contributed by atoms with Crippen LogP contribution in [0.1, 0.15) is 25.0 Å². The Hall–Kier alpha value is -1.06. The van der Waals surface area contributed by atoms with Crippen molar-refractivity contribution in [1.82, 2.24) is 4.90 Å². The minimum absolute atomic E-state index is 0.184. The van der Waals surface area contributed by atoms with E-state index >= 15 is 0 Å². The maximum atomic E-state index is 5.99. The van der Waals surface area contributed by atoms with Gasteiger partial charge in [-0.3, -0.25) is 4.90 Å². The monoisotopic (exact) mass is 261 g/mol. The molecule has 0 amide bonds. The van der Waals surface area contributed by atoms with E-state index in [4.69, 9.17) is 5.73 Å². The fraction of sp³-hybridized carbons (Fsp3) is 0.625. The minimum Gasteiger partial charge on any atom is -0.364 e. The van der Waals surface area contributed by atoms with Gasteiger partial charge in [-0.05, 0) is 58.0 Å². The molecule has 1 fully saturated rings. The van der Waals surface area contributed by atoms with Gasteiger partial charge in [0.25, 0.3) is 0 Å². The third-order valence-electron chi connectivity index (χ3n) is 4.33. The Bertz CT molecular complexity index is 433. The van der Waals surface area contributed by atoms with Crippen LogP contribution < -0.4 is 10.6 Å². The molecule has 0 spiro atoms. The molecule has 0 saturated carbocycles. The number of likely N-dealkylation sites (N-methyl/N-ethyl adjacent to an activating group) is 1. The van der Waals surface area contributed by atoms with Crippen LogP contribution in [-0.2, 0) is 0 Å². The van der Waals surface area contributed by atoms with Gasteiger partial charge in [-0.25, -0.2) is 0 Å². The van der Waals surface area contributed by atoms with Gasteiger partial charge in [0.05, 0.1) is 6.04 Å². The molecule has 0 aliphatic carbocycles. The fourth-order valence-electron chi connectivity index (χ4n) is 2.95. The van der Waals surface area contributed by atoms with E-state index in [-0.39, 0.29) is 5.54 Å². The molecule has 106 valence electrons. The molecule has 1 atom stereocenters. The first kappa shape index (κ1) is 14.4. The first-order valence-electron chi connectivity index (χ1n) is 7.10. The van der Waals surface area contributed by atoms with Crippen molar-refractivity contribution in [2.45, 2.75) is 39.3 Å². The molecule has 0 aromatic heterocycles. The summed E-state index contributed by atoms with van der Waals surface area (Å²) in [4.78, 5) is 4.91. The summed E-state index contributed by atoms with van der Waals surface area (Å²) in [6, 6.07) is 7.18. The van der Waals surface area contributed by atoms with Crippen LogP contribution in [0.25, 0.3) is 0 Å². The second kappa shape index (κ2) is 5.14. The molecule has 2 rings (SSSR count). The van der Waals surface area contributed by atoms with Crippen molar-refractivity contribution in [3.63, 3.8) is 0 Å². The van der Waals surface area contributed by atoms with Crippen LogP contribution in [0, 0.1) is 13.8 Å². The van der Waals surface area contributed by atoms with E-state index < -0.39 is 0 Å². The molecule has 1 heterocycles. The molecule has 1 aliphatic rings. The predicted molar refractivity (Wildman–Crippen MR) is 82.8 cm³/mol. The highest BCUT2D eigenvalue weighted by Crippen LogP contribution is 2.29. The molecule has 0 radical (unpaired) electrons. The minimum atomic E-state index is 0.184. The van der Waals surface area contributed by atoms with Crippen LogP contribution in [0.5, 0.6) is 0 Å². The molecule has 2 N–H and O–H groups in total. The number of hydrogen-bond donors (Lipinski definition) is 1. The van der Waals surface area contributed by atoms with Crippen LogP contribution in [0.2, 0.25) is 0 Å². The summed E-state index contributed by atoms with van der Waals surface area (Å²) in [6.45, 7) is 11.7. The third kappa shape index (κ3) is 2.93. The standard InChI is InChI=1S/C16H27N3/c1-12-6-13(2)8-14(7-12)19-11-16(3,4)18(5)10-15(19)9-17/h6-8,15H,9-11,17H2,1-5H3. The number of rotatable bonds is 2. The van der Waals surface area contributed by atoms with Gasteiger partial charge in [0.2, 0.25) is 0 Å². The van der Waals surface area contributed by atoms with Gasteiger partial charge < -0.3 is 10.6 Å². The number of nitrogens with two attached hydrogens (primary N) is 1. The van der Waals surface area contributed by atoms with Crippen molar-refractivity contribution >= 4 is 5.69 Å². The summed E-state index contributed by atoms with van der Waals surface area (Å²) in [7, 11) is 2.20. The van der Waals surface area contributed by atoms with Crippen LogP contribution in [-0.4, -0.2) is 43.2 Å². The maximum Gasteiger partial charge on any atom is 0.0540 e. The molecule has 19 heavy (non-hydrogen) atoms. The normalized spacial score (nSPS) is 23.7. The molecular weight excluding hydrogens is 234 g/mol. The summed E-state index contributed by atoms with van der Waals surface area (Å²) >= 11 is 0. The van der Waals surface area contributed by atoms with Crippen molar-refractivity contribution in [3.8, 4) is 0 Å². The summed E-state index contributed by atoms with van der Waals surface area (Å²) < 4.78 is 0. The van der Waals surface area contributed by atoms with Crippen LogP contribution in [0.3, 0.4) is 0 Å². The summed E-state index contributed by atoms with van der Waals surface area (Å²) in [5, 5.41) is 0. The molecule has 1 unspecified atom stereocenters. The van der Waals surface area contributed by atoms with Crippen molar-refractivity contribution in [1.29, 1.82) is 0 Å². The van der Waals surface area contributed by atoms with E-state index in [2.05, 4.69) is 62.7 Å². The molecule has 1 aromatic rings. The zero-order valence-electron chi connectivity index (χ0n) is 12.9. The fourth-order valence-corrected chi connectivity index (χ4v) is 2.95. The van der Waals surface area contributed by atoms with Gasteiger partial charge in [-0.2, -0.15) is 0 Å². The SMILES string of the molecule is Cc1cc(C)cc(N2CC(C)(C)N(C)CC2CN)c1. The Morgan fingerprint density at radius 1 is 1.21 bits per heavy atom. The van der Waals surface area contributed by atoms with Crippen LogP contribution in [0.4, 0.5) is 5.69 Å². The Balaban J connectivity index is 2.34. The quantitative estimate of drug-likeness (QED) is 0.885. The highest BCUT2D eigenvalue weighted by Gasteiger charge is 2.36. The lowest BCUT2D eigenvalue weighted by molar-refractivity contribution is 0.116. The average molecular weight is 261 g/mol. The second-order valence-electron chi connectivity index (χ2n) is 6.56. The van der Waals surface area contributed by atoms with Gasteiger partial charge in [0.1, 0.15) is 0 Å². The van der Waals surface area contributed by atoms with E-state index in [1.165, 1.54) is 16.8 Å². The molecule has 0 bridgehead atoms. The smallest absolute Gasteiger partial charge is 0.0540 e. The van der Waals surface area contributed by atoms with Gasteiger partial charge >= 0.3 is 0 Å². The average Bonchev–Trinajstić information content (AvgIpc) is 2.30. The van der Waals surface area contributed by atoms with Crippen molar-refractivity contribution in [2.24, 2.45) is 5.73 Å². The number of hydrogen-bond acceptors (Lipinski definition) is 3. The van der Waals surface area contributed by atoms with Crippen molar-refractivity contribution in [2.75, 3.05) is 31.6 Å². The molecule has 3 heteroatoms. The zero-order valence-corrected chi connectivity index (χ0v) is 12.9. The Labute approximate surface area is 117 Å². The Morgan fingerprint density at radius 2 is 1.79 bits per heavy atom. The highest BCUT2D eigenvalue weighted by molar-refractivity contribution is 5.53. The lowest BCUT2D eigenvalue weighted by Crippen LogP contribution is -2.64. The molecule has 1 aromatic carbocycles. The van der Waals surface area contributed by atoms with E-state index in [0.717, 1.165) is 13.1 Å². The first-order chi connectivity index (χ1) is 8.83. The molecule has 1 saturated heterocycles. The van der Waals surface area contributed by atoms with Crippen LogP contribution in [0.15, 0.2) is 18.2 Å². The number of anilines is 1. The highest BCUT2D eigenvalue weighted by atomic mass is 15.3. The Kier molecular flexibility index (Phi) is 3.88. The van der Waals surface area contributed by atoms with Crippen LogP contribution >= 0.6 is 0 Å². The maximum absolute atomic E-state index is 5.99. The number of benzene rings is 1. The molecule has 3 nitrogen and oxygen atoms in total. The zero-order chi connectivity index (χ0) is 14.2. The summed E-state index contributed by atoms with van der Waals surface area (Å²) in [6.07, 6.45) is 0. The van der Waals surface area contributed by atoms with Crippen molar-refractivity contribution in [3.05, 3.63) is 29.3 Å². The largest absolute Gasteiger partial charge is 0.364 e. The topological polar surface area (TPSA) is 32.5 Å². The molecule has 1 aliphatic heterocycles. The summed E-state index contributed by atoms with van der Waals surface area (Å²) in [5.74, 6) is 0. The van der Waals surface area contributed by atoms with Crippen molar-refractivity contribution < 1.29 is 0 Å². The van der Waals surface area contributed by atoms with E-state index in [1.54, 1.807) is 0 Å². The first-order valence-corrected chi connectivity index (χ1v) is 7.10. The van der Waals surface area contributed by atoms with E-state index in [1.807, 2.05) is 0 Å². The number of nitrogens with zero attached hydrogens (tertiary/aromatic N) is 2. The Morgan fingerprint density at radius 3 is 2.32 bits per heavy atom.